The average Bonchev–Trinajstić information content (AvgIpc) is 3.04. The molecule has 2 saturated heterocycles. The summed E-state index contributed by atoms with van der Waals surface area (Å²) in [6, 6.07) is 0.498. The molecule has 0 aromatic carbocycles. The van der Waals surface area contributed by atoms with Gasteiger partial charge in [0.2, 0.25) is 0 Å². The number of amides is 1. The molecular formula is C14H26N2O4. The van der Waals surface area contributed by atoms with E-state index in [9.17, 15) is 4.79 Å². The van der Waals surface area contributed by atoms with E-state index in [1.807, 2.05) is 4.90 Å². The van der Waals surface area contributed by atoms with Gasteiger partial charge in [0.15, 0.2) is 6.29 Å². The van der Waals surface area contributed by atoms with Crippen molar-refractivity contribution in [1.29, 1.82) is 0 Å². The molecule has 6 heteroatoms. The molecular weight excluding hydrogens is 260 g/mol. The number of rotatable bonds is 6. The molecule has 0 spiro atoms. The summed E-state index contributed by atoms with van der Waals surface area (Å²) in [5.41, 5.74) is 0. The summed E-state index contributed by atoms with van der Waals surface area (Å²) < 4.78 is 15.2. The Labute approximate surface area is 120 Å². The van der Waals surface area contributed by atoms with Crippen molar-refractivity contribution in [3.8, 4) is 0 Å². The molecule has 2 rings (SSSR count). The van der Waals surface area contributed by atoms with Gasteiger partial charge < -0.3 is 19.1 Å². The second-order valence-electron chi connectivity index (χ2n) is 5.57. The number of carbonyl (C=O) groups excluding carboxylic acids is 1. The molecule has 0 bridgehead atoms. The molecule has 2 aliphatic heterocycles. The minimum absolute atomic E-state index is 0.108. The van der Waals surface area contributed by atoms with Gasteiger partial charge in [-0.3, -0.25) is 4.90 Å². The van der Waals surface area contributed by atoms with Crippen molar-refractivity contribution < 1.29 is 19.0 Å². The van der Waals surface area contributed by atoms with Crippen LogP contribution in [0.3, 0.4) is 0 Å². The van der Waals surface area contributed by atoms with Gasteiger partial charge in [-0.1, -0.05) is 0 Å². The molecule has 0 unspecified atom stereocenters. The van der Waals surface area contributed by atoms with Crippen LogP contribution < -0.4 is 0 Å². The van der Waals surface area contributed by atoms with Crippen LogP contribution in [-0.4, -0.2) is 75.7 Å². The lowest BCUT2D eigenvalue weighted by Gasteiger charge is -2.25. The van der Waals surface area contributed by atoms with Crippen molar-refractivity contribution in [2.75, 3.05) is 47.5 Å². The summed E-state index contributed by atoms with van der Waals surface area (Å²) in [5.74, 6) is 0.606. The van der Waals surface area contributed by atoms with Crippen molar-refractivity contribution in [3.05, 3.63) is 0 Å². The van der Waals surface area contributed by atoms with E-state index in [1.54, 1.807) is 14.2 Å². The van der Waals surface area contributed by atoms with E-state index >= 15 is 0 Å². The van der Waals surface area contributed by atoms with E-state index in [4.69, 9.17) is 14.2 Å². The summed E-state index contributed by atoms with van der Waals surface area (Å²) in [5, 5.41) is 0. The van der Waals surface area contributed by atoms with Gasteiger partial charge in [0, 0.05) is 33.4 Å². The monoisotopic (exact) mass is 286 g/mol. The Morgan fingerprint density at radius 3 is 2.65 bits per heavy atom. The summed E-state index contributed by atoms with van der Waals surface area (Å²) in [6.07, 6.45) is 2.83. The van der Waals surface area contributed by atoms with E-state index in [1.165, 1.54) is 13.5 Å². The fourth-order valence-corrected chi connectivity index (χ4v) is 3.40. The van der Waals surface area contributed by atoms with Crippen molar-refractivity contribution in [3.63, 3.8) is 0 Å². The Kier molecular flexibility index (Phi) is 5.63. The standard InChI is InChI=1S/C14H26N2O4/c1-18-13(19-2)5-4-7-15-8-6-11-9-16(10-12(11)15)14(17)20-3/h11-13H,4-10H2,1-3H3/t11-,12+/m0/s1. The third-order valence-electron chi connectivity index (χ3n) is 4.51. The highest BCUT2D eigenvalue weighted by Gasteiger charge is 2.42. The highest BCUT2D eigenvalue weighted by molar-refractivity contribution is 5.68. The van der Waals surface area contributed by atoms with Crippen LogP contribution in [0.5, 0.6) is 0 Å². The third kappa shape index (κ3) is 3.42. The molecule has 20 heavy (non-hydrogen) atoms. The van der Waals surface area contributed by atoms with Gasteiger partial charge in [-0.25, -0.2) is 4.79 Å². The Balaban J connectivity index is 1.76. The Bertz CT molecular complexity index is 322. The van der Waals surface area contributed by atoms with E-state index < -0.39 is 0 Å². The van der Waals surface area contributed by atoms with Crippen molar-refractivity contribution in [2.45, 2.75) is 31.6 Å². The number of hydrogen-bond acceptors (Lipinski definition) is 5. The molecule has 0 saturated carbocycles. The largest absolute Gasteiger partial charge is 0.453 e. The molecule has 2 fully saturated rings. The molecule has 0 aliphatic carbocycles. The van der Waals surface area contributed by atoms with Gasteiger partial charge in [-0.15, -0.1) is 0 Å². The zero-order valence-electron chi connectivity index (χ0n) is 12.7. The number of methoxy groups -OCH3 is 3. The van der Waals surface area contributed by atoms with Gasteiger partial charge in [-0.2, -0.15) is 0 Å². The first-order valence-electron chi connectivity index (χ1n) is 7.32. The Morgan fingerprint density at radius 1 is 1.25 bits per heavy atom. The van der Waals surface area contributed by atoms with Gasteiger partial charge in [0.25, 0.3) is 0 Å². The van der Waals surface area contributed by atoms with Crippen LogP contribution in [0.4, 0.5) is 4.79 Å². The van der Waals surface area contributed by atoms with Gasteiger partial charge in [0.05, 0.1) is 7.11 Å². The molecule has 0 aromatic rings. The van der Waals surface area contributed by atoms with Crippen molar-refractivity contribution >= 4 is 6.09 Å². The maximum atomic E-state index is 11.6. The smallest absolute Gasteiger partial charge is 0.409 e. The zero-order chi connectivity index (χ0) is 14.5. The first-order valence-corrected chi connectivity index (χ1v) is 7.32. The number of hydrogen-bond donors (Lipinski definition) is 0. The molecule has 0 N–H and O–H groups in total. The second kappa shape index (κ2) is 7.24. The third-order valence-corrected chi connectivity index (χ3v) is 4.51. The minimum atomic E-state index is -0.196. The SMILES string of the molecule is COC(=O)N1C[C@@H]2CCN(CCCC(OC)OC)[C@@H]2C1. The van der Waals surface area contributed by atoms with Crippen molar-refractivity contribution in [2.24, 2.45) is 5.92 Å². The summed E-state index contributed by atoms with van der Waals surface area (Å²) in [7, 11) is 4.79. The highest BCUT2D eigenvalue weighted by Crippen LogP contribution is 2.31. The second-order valence-corrected chi connectivity index (χ2v) is 5.57. The topological polar surface area (TPSA) is 51.2 Å². The lowest BCUT2D eigenvalue weighted by molar-refractivity contribution is -0.107. The highest BCUT2D eigenvalue weighted by atomic mass is 16.7. The summed E-state index contributed by atoms with van der Waals surface area (Å²) in [4.78, 5) is 15.9. The van der Waals surface area contributed by atoms with Crippen LogP contribution in [-0.2, 0) is 14.2 Å². The zero-order valence-corrected chi connectivity index (χ0v) is 12.7. The molecule has 6 nitrogen and oxygen atoms in total. The van der Waals surface area contributed by atoms with Crippen LogP contribution in [0.1, 0.15) is 19.3 Å². The van der Waals surface area contributed by atoms with E-state index in [2.05, 4.69) is 4.90 Å². The average molecular weight is 286 g/mol. The van der Waals surface area contributed by atoms with Gasteiger partial charge >= 0.3 is 6.09 Å². The minimum Gasteiger partial charge on any atom is -0.453 e. The van der Waals surface area contributed by atoms with Crippen LogP contribution in [0.15, 0.2) is 0 Å². The van der Waals surface area contributed by atoms with Crippen LogP contribution in [0, 0.1) is 5.92 Å². The predicted molar refractivity (Wildman–Crippen MR) is 74.5 cm³/mol. The molecule has 2 heterocycles. The van der Waals surface area contributed by atoms with Gasteiger partial charge in [-0.05, 0) is 38.3 Å². The van der Waals surface area contributed by atoms with Crippen LogP contribution >= 0.6 is 0 Å². The number of ether oxygens (including phenoxy) is 3. The van der Waals surface area contributed by atoms with Crippen LogP contribution in [0.25, 0.3) is 0 Å². The lowest BCUT2D eigenvalue weighted by Crippen LogP contribution is -2.37. The fourth-order valence-electron chi connectivity index (χ4n) is 3.40. The van der Waals surface area contributed by atoms with Crippen molar-refractivity contribution in [1.82, 2.24) is 9.80 Å². The maximum Gasteiger partial charge on any atom is 0.409 e. The molecule has 2 aliphatic rings. The molecule has 0 radical (unpaired) electrons. The van der Waals surface area contributed by atoms with E-state index in [-0.39, 0.29) is 12.4 Å². The lowest BCUT2D eigenvalue weighted by atomic mass is 10.1. The normalized spacial score (nSPS) is 26.3. The van der Waals surface area contributed by atoms with Gasteiger partial charge in [0.1, 0.15) is 0 Å². The molecule has 116 valence electrons. The number of nitrogens with zero attached hydrogens (tertiary/aromatic N) is 2. The quantitative estimate of drug-likeness (QED) is 0.686. The molecule has 1 amide bonds. The number of fused-ring (bicyclic) bond motifs is 1. The first kappa shape index (κ1) is 15.5. The fraction of sp³-hybridized carbons (Fsp3) is 0.929. The number of carbonyl (C=O) groups is 1. The molecule has 2 atom stereocenters. The summed E-state index contributed by atoms with van der Waals surface area (Å²) in [6.45, 7) is 3.82. The van der Waals surface area contributed by atoms with Crippen LogP contribution in [0.2, 0.25) is 0 Å². The predicted octanol–water partition coefficient (Wildman–Crippen LogP) is 1.16. The van der Waals surface area contributed by atoms with E-state index in [0.717, 1.165) is 39.0 Å². The maximum absolute atomic E-state index is 11.6. The summed E-state index contributed by atoms with van der Waals surface area (Å²) >= 11 is 0. The Hall–Kier alpha value is -0.850. The van der Waals surface area contributed by atoms with E-state index in [0.29, 0.717) is 12.0 Å². The first-order chi connectivity index (χ1) is 9.69. The number of likely N-dealkylation sites (tertiary alicyclic amines) is 2. The molecule has 0 aromatic heterocycles. The Morgan fingerprint density at radius 2 is 2.00 bits per heavy atom.